The van der Waals surface area contributed by atoms with E-state index < -0.39 is 0 Å². The molecule has 0 radical (unpaired) electrons. The van der Waals surface area contributed by atoms with Crippen LogP contribution in [0.2, 0.25) is 0 Å². The van der Waals surface area contributed by atoms with Crippen molar-refractivity contribution in [2.45, 2.75) is 88.2 Å². The summed E-state index contributed by atoms with van der Waals surface area (Å²) in [5.74, 6) is 0. The highest BCUT2D eigenvalue weighted by molar-refractivity contribution is 5.38. The zero-order valence-corrected chi connectivity index (χ0v) is 27.3. The molecule has 0 aromatic heterocycles. The van der Waals surface area contributed by atoms with Gasteiger partial charge in [-0.15, -0.1) is 0 Å². The van der Waals surface area contributed by atoms with Crippen molar-refractivity contribution in [1.29, 1.82) is 0 Å². The van der Waals surface area contributed by atoms with Crippen LogP contribution in [-0.4, -0.2) is 11.2 Å². The van der Waals surface area contributed by atoms with Crippen molar-refractivity contribution in [2.75, 3.05) is 0 Å². The van der Waals surface area contributed by atoms with Crippen molar-refractivity contribution in [1.82, 2.24) is 0 Å². The zero-order valence-electron chi connectivity index (χ0n) is 27.3. The lowest BCUT2D eigenvalue weighted by Crippen LogP contribution is -2.28. The highest BCUT2D eigenvalue weighted by atomic mass is 16.3. The van der Waals surface area contributed by atoms with Crippen LogP contribution in [0.5, 0.6) is 0 Å². The fraction of sp³-hybridized carbons (Fsp3) is 0.350. The van der Waals surface area contributed by atoms with Gasteiger partial charge in [0.25, 0.3) is 0 Å². The second kappa shape index (κ2) is 18.8. The summed E-state index contributed by atoms with van der Waals surface area (Å²) in [5, 5.41) is 10.1. The first-order valence-electron chi connectivity index (χ1n) is 14.7. The third-order valence-corrected chi connectivity index (χ3v) is 6.76. The Hall–Kier alpha value is -3.42. The molecule has 1 N–H and O–H groups in total. The van der Waals surface area contributed by atoms with E-state index in [2.05, 4.69) is 179 Å². The predicted molar refractivity (Wildman–Crippen MR) is 185 cm³/mol. The molecule has 1 aliphatic rings. The van der Waals surface area contributed by atoms with Crippen LogP contribution < -0.4 is 0 Å². The van der Waals surface area contributed by atoms with E-state index in [-0.39, 0.29) is 11.5 Å². The molecular formula is C40H54O. The summed E-state index contributed by atoms with van der Waals surface area (Å²) in [5.41, 5.74) is 9.97. The maximum atomic E-state index is 10.1. The quantitative estimate of drug-likeness (QED) is 0.240. The van der Waals surface area contributed by atoms with Crippen LogP contribution in [0.3, 0.4) is 0 Å². The Morgan fingerprint density at radius 3 is 1.34 bits per heavy atom. The third-order valence-electron chi connectivity index (χ3n) is 6.76. The van der Waals surface area contributed by atoms with Gasteiger partial charge in [-0.05, 0) is 79.2 Å². The van der Waals surface area contributed by atoms with Crippen molar-refractivity contribution in [3.63, 3.8) is 0 Å². The second-order valence-electron chi connectivity index (χ2n) is 12.1. The maximum absolute atomic E-state index is 10.1. The van der Waals surface area contributed by atoms with Gasteiger partial charge in [-0.2, -0.15) is 0 Å². The molecule has 1 rings (SSSR count). The number of hydrogen-bond donors (Lipinski definition) is 1. The van der Waals surface area contributed by atoms with Crippen molar-refractivity contribution in [3.8, 4) is 0 Å². The van der Waals surface area contributed by atoms with E-state index in [1.807, 2.05) is 0 Å². The summed E-state index contributed by atoms with van der Waals surface area (Å²) in [6.45, 7) is 21.3. The van der Waals surface area contributed by atoms with E-state index in [9.17, 15) is 5.11 Å². The predicted octanol–water partition coefficient (Wildman–Crippen LogP) is 11.5. The minimum absolute atomic E-state index is 0.00964. The highest BCUT2D eigenvalue weighted by Crippen LogP contribution is 2.41. The van der Waals surface area contributed by atoms with E-state index in [1.165, 1.54) is 44.6 Å². The lowest BCUT2D eigenvalue weighted by Gasteiger charge is -2.35. The van der Waals surface area contributed by atoms with Crippen LogP contribution in [0, 0.1) is 5.41 Å². The average molecular weight is 551 g/mol. The molecule has 41 heavy (non-hydrogen) atoms. The van der Waals surface area contributed by atoms with Crippen molar-refractivity contribution in [2.24, 2.45) is 5.41 Å². The van der Waals surface area contributed by atoms with Crippen molar-refractivity contribution in [3.05, 3.63) is 154 Å². The molecule has 1 atom stereocenters. The van der Waals surface area contributed by atoms with Gasteiger partial charge in [-0.1, -0.05) is 162 Å². The van der Waals surface area contributed by atoms with Crippen molar-refractivity contribution >= 4 is 0 Å². The van der Waals surface area contributed by atoms with Gasteiger partial charge in [0.15, 0.2) is 0 Å². The van der Waals surface area contributed by atoms with Crippen LogP contribution in [0.25, 0.3) is 0 Å². The van der Waals surface area contributed by atoms with Gasteiger partial charge in [0, 0.05) is 0 Å². The fourth-order valence-electron chi connectivity index (χ4n) is 4.53. The third kappa shape index (κ3) is 16.4. The highest BCUT2D eigenvalue weighted by Gasteiger charge is 2.31. The van der Waals surface area contributed by atoms with Gasteiger partial charge >= 0.3 is 0 Å². The Morgan fingerprint density at radius 2 is 0.951 bits per heavy atom. The minimum atomic E-state index is -0.223. The number of aliphatic hydroxyl groups is 1. The molecule has 0 aromatic rings. The Morgan fingerprint density at radius 1 is 0.585 bits per heavy atom. The van der Waals surface area contributed by atoms with Crippen LogP contribution in [-0.2, 0) is 0 Å². The topological polar surface area (TPSA) is 20.2 Å². The summed E-state index contributed by atoms with van der Waals surface area (Å²) in [6, 6.07) is 0. The normalized spacial score (nSPS) is 20.4. The molecule has 0 aliphatic heterocycles. The molecule has 0 heterocycles. The van der Waals surface area contributed by atoms with Crippen LogP contribution in [0.1, 0.15) is 82.1 Å². The zero-order chi connectivity index (χ0) is 30.8. The minimum Gasteiger partial charge on any atom is -0.393 e. The SMILES string of the molecule is CC(C)=C\C=C/C(C)=C/C=C/C(C)=C/C=C/C(C)=C/C=C/C=C(C)/C=C/C=C(C)/C=C/C1=C(C)C[C@@H](O)CC1(C)C. The summed E-state index contributed by atoms with van der Waals surface area (Å²) >= 11 is 0. The first kappa shape index (κ1) is 35.6. The summed E-state index contributed by atoms with van der Waals surface area (Å²) < 4.78 is 0. The monoisotopic (exact) mass is 550 g/mol. The first-order chi connectivity index (χ1) is 19.3. The van der Waals surface area contributed by atoms with E-state index >= 15 is 0 Å². The molecule has 1 nitrogen and oxygen atoms in total. The van der Waals surface area contributed by atoms with Gasteiger partial charge < -0.3 is 5.11 Å². The van der Waals surface area contributed by atoms with Gasteiger partial charge in [0.2, 0.25) is 0 Å². The molecule has 0 unspecified atom stereocenters. The largest absolute Gasteiger partial charge is 0.393 e. The molecule has 0 saturated carbocycles. The standard InChI is InChI=1S/C40H54O/c1-31(2)17-13-20-34(5)23-15-25-35(6)24-14-21-32(3)18-11-12-19-33(4)22-16-26-36(7)27-28-39-37(8)29-38(41)30-40(39,9)10/h11-28,38,41H,29-30H2,1-10H3/b12-11+,20-13-,21-14+,22-16+,25-15+,28-27+,32-18+,33-19+,34-23+,35-24+,36-26+/t38-/m1/s1. The number of rotatable bonds is 12. The van der Waals surface area contributed by atoms with Gasteiger partial charge in [-0.3, -0.25) is 0 Å². The molecule has 0 amide bonds. The average Bonchev–Trinajstić information content (AvgIpc) is 2.85. The molecular weight excluding hydrogens is 496 g/mol. The van der Waals surface area contributed by atoms with Crippen LogP contribution in [0.15, 0.2) is 154 Å². The smallest absolute Gasteiger partial charge is 0.0585 e. The molecule has 1 heteroatoms. The molecule has 0 bridgehead atoms. The van der Waals surface area contributed by atoms with Gasteiger partial charge in [-0.25, -0.2) is 0 Å². The van der Waals surface area contributed by atoms with E-state index in [1.54, 1.807) is 0 Å². The molecule has 0 saturated heterocycles. The van der Waals surface area contributed by atoms with Crippen molar-refractivity contribution < 1.29 is 5.11 Å². The molecule has 0 spiro atoms. The Labute approximate surface area is 252 Å². The van der Waals surface area contributed by atoms with Gasteiger partial charge in [0.1, 0.15) is 0 Å². The van der Waals surface area contributed by atoms with E-state index in [4.69, 9.17) is 0 Å². The maximum Gasteiger partial charge on any atom is 0.0585 e. The number of allylic oxidation sites excluding steroid dienone is 25. The van der Waals surface area contributed by atoms with E-state index in [0.29, 0.717) is 0 Å². The molecule has 1 aliphatic carbocycles. The summed E-state index contributed by atoms with van der Waals surface area (Å²) in [7, 11) is 0. The van der Waals surface area contributed by atoms with Crippen LogP contribution in [0.4, 0.5) is 0 Å². The van der Waals surface area contributed by atoms with E-state index in [0.717, 1.165) is 12.8 Å². The molecule has 0 fully saturated rings. The Bertz CT molecular complexity index is 1260. The summed E-state index contributed by atoms with van der Waals surface area (Å²) in [6.07, 6.45) is 39.5. The van der Waals surface area contributed by atoms with Gasteiger partial charge in [0.05, 0.1) is 6.10 Å². The Balaban J connectivity index is 2.63. The Kier molecular flexibility index (Phi) is 16.4. The fourth-order valence-corrected chi connectivity index (χ4v) is 4.53. The van der Waals surface area contributed by atoms with Crippen LogP contribution >= 0.6 is 0 Å². The lowest BCUT2D eigenvalue weighted by atomic mass is 9.71. The molecule has 0 aromatic carbocycles. The first-order valence-corrected chi connectivity index (χ1v) is 14.7. The number of hydrogen-bond acceptors (Lipinski definition) is 1. The number of aliphatic hydroxyl groups excluding tert-OH is 1. The lowest BCUT2D eigenvalue weighted by molar-refractivity contribution is 0.116. The second-order valence-corrected chi connectivity index (χ2v) is 12.1. The molecule has 220 valence electrons. The summed E-state index contributed by atoms with van der Waals surface area (Å²) in [4.78, 5) is 0.